The smallest absolute Gasteiger partial charge is 0.357 e. The quantitative estimate of drug-likeness (QED) is 0.858. The maximum atomic E-state index is 11.5. The molecule has 1 aromatic heterocycles. The summed E-state index contributed by atoms with van der Waals surface area (Å²) in [4.78, 5) is 16.8. The highest BCUT2D eigenvalue weighted by Gasteiger charge is 2.40. The van der Waals surface area contributed by atoms with Crippen LogP contribution in [-0.4, -0.2) is 36.8 Å². The van der Waals surface area contributed by atoms with Crippen LogP contribution in [0.1, 0.15) is 34.6 Å². The highest BCUT2D eigenvalue weighted by atomic mass is 32.1. The van der Waals surface area contributed by atoms with Gasteiger partial charge in [-0.2, -0.15) is 0 Å². The Hall–Kier alpha value is -1.14. The van der Waals surface area contributed by atoms with Crippen LogP contribution in [0.15, 0.2) is 0 Å². The van der Waals surface area contributed by atoms with Crippen molar-refractivity contribution in [1.29, 1.82) is 0 Å². The largest absolute Gasteiger partial charge is 0.464 e. The lowest BCUT2D eigenvalue weighted by Gasteiger charge is -2.18. The van der Waals surface area contributed by atoms with E-state index in [-0.39, 0.29) is 5.97 Å². The zero-order valence-electron chi connectivity index (χ0n) is 11.1. The molecule has 1 saturated heterocycles. The Morgan fingerprint density at radius 1 is 1.47 bits per heavy atom. The van der Waals surface area contributed by atoms with Gasteiger partial charge in [-0.1, -0.05) is 0 Å². The van der Waals surface area contributed by atoms with Crippen molar-refractivity contribution >= 4 is 22.4 Å². The van der Waals surface area contributed by atoms with Crippen molar-refractivity contribution in [1.82, 2.24) is 4.98 Å². The number of thiazole rings is 1. The van der Waals surface area contributed by atoms with Crippen molar-refractivity contribution in [3.05, 3.63) is 10.6 Å². The van der Waals surface area contributed by atoms with E-state index in [2.05, 4.69) is 10.3 Å². The van der Waals surface area contributed by atoms with Crippen molar-refractivity contribution in [3.63, 3.8) is 0 Å². The third-order valence-electron chi connectivity index (χ3n) is 3.71. The van der Waals surface area contributed by atoms with Gasteiger partial charge in [0.15, 0.2) is 10.8 Å². The summed E-state index contributed by atoms with van der Waals surface area (Å²) in [5.41, 5.74) is 0.414. The molecular weight excluding hydrogens is 264 g/mol. The third kappa shape index (κ3) is 2.60. The summed E-state index contributed by atoms with van der Waals surface area (Å²) in [5.74, 6) is 0.337. The summed E-state index contributed by atoms with van der Waals surface area (Å²) in [7, 11) is 1.38. The molecular formula is C13H18N2O3S. The van der Waals surface area contributed by atoms with Crippen molar-refractivity contribution in [2.45, 2.75) is 38.3 Å². The molecule has 0 amide bonds. The van der Waals surface area contributed by atoms with Gasteiger partial charge in [0.05, 0.1) is 19.3 Å². The number of nitrogens with one attached hydrogen (secondary N) is 1. The van der Waals surface area contributed by atoms with Crippen LogP contribution in [0.25, 0.3) is 0 Å². The first-order valence-corrected chi connectivity index (χ1v) is 7.44. The van der Waals surface area contributed by atoms with E-state index in [0.29, 0.717) is 23.8 Å². The van der Waals surface area contributed by atoms with E-state index in [1.54, 1.807) is 0 Å². The minimum Gasteiger partial charge on any atom is -0.464 e. The van der Waals surface area contributed by atoms with E-state index in [1.807, 2.05) is 6.92 Å². The molecule has 19 heavy (non-hydrogen) atoms. The number of ether oxygens (including phenoxy) is 2. The number of hydrogen-bond acceptors (Lipinski definition) is 6. The van der Waals surface area contributed by atoms with Crippen LogP contribution < -0.4 is 5.32 Å². The number of rotatable bonds is 4. The van der Waals surface area contributed by atoms with Crippen molar-refractivity contribution in [2.24, 2.45) is 5.92 Å². The van der Waals surface area contributed by atoms with Gasteiger partial charge >= 0.3 is 5.97 Å². The van der Waals surface area contributed by atoms with Crippen molar-refractivity contribution in [3.8, 4) is 0 Å². The number of methoxy groups -OCH3 is 1. The predicted molar refractivity (Wildman–Crippen MR) is 72.7 cm³/mol. The normalized spacial score (nSPS) is 26.4. The number of hydrogen-bond donors (Lipinski definition) is 1. The first-order valence-electron chi connectivity index (χ1n) is 6.63. The van der Waals surface area contributed by atoms with Crippen LogP contribution >= 0.6 is 11.3 Å². The lowest BCUT2D eigenvalue weighted by Crippen LogP contribution is -2.30. The fraction of sp³-hybridized carbons (Fsp3) is 0.692. The molecule has 1 saturated carbocycles. The van der Waals surface area contributed by atoms with Crippen LogP contribution in [0.5, 0.6) is 0 Å². The second kappa shape index (κ2) is 5.09. The molecule has 2 fully saturated rings. The van der Waals surface area contributed by atoms with E-state index in [1.165, 1.54) is 31.3 Å². The molecule has 0 radical (unpaired) electrons. The summed E-state index contributed by atoms with van der Waals surface area (Å²) >= 11 is 1.50. The van der Waals surface area contributed by atoms with E-state index in [0.717, 1.165) is 23.0 Å². The Bertz CT molecular complexity index is 484. The number of carbonyl (C=O) groups is 1. The third-order valence-corrected chi connectivity index (χ3v) is 4.61. The van der Waals surface area contributed by atoms with Gasteiger partial charge in [0.2, 0.25) is 0 Å². The Balaban J connectivity index is 1.71. The number of anilines is 1. The van der Waals surface area contributed by atoms with Gasteiger partial charge < -0.3 is 14.8 Å². The molecule has 0 spiro atoms. The lowest BCUT2D eigenvalue weighted by atomic mass is 10.1. The SMILES string of the molecule is COC(=O)c1nc(NC2CCOC2C2CC2)sc1C. The minimum absolute atomic E-state index is 0.311. The summed E-state index contributed by atoms with van der Waals surface area (Å²) in [6.07, 6.45) is 3.86. The van der Waals surface area contributed by atoms with Crippen LogP contribution in [-0.2, 0) is 9.47 Å². The first kappa shape index (κ1) is 12.9. The molecule has 0 bridgehead atoms. The van der Waals surface area contributed by atoms with Gasteiger partial charge in [0, 0.05) is 11.5 Å². The van der Waals surface area contributed by atoms with Crippen molar-refractivity contribution in [2.75, 3.05) is 19.0 Å². The number of nitrogens with zero attached hydrogens (tertiary/aromatic N) is 1. The molecule has 2 heterocycles. The minimum atomic E-state index is -0.372. The summed E-state index contributed by atoms with van der Waals surface area (Å²) in [6.45, 7) is 2.70. The van der Waals surface area contributed by atoms with Crippen LogP contribution in [0.2, 0.25) is 0 Å². The number of aryl methyl sites for hydroxylation is 1. The topological polar surface area (TPSA) is 60.5 Å². The maximum absolute atomic E-state index is 11.5. The average molecular weight is 282 g/mol. The Morgan fingerprint density at radius 3 is 2.95 bits per heavy atom. The first-order chi connectivity index (χ1) is 9.19. The molecule has 0 aromatic carbocycles. The zero-order valence-corrected chi connectivity index (χ0v) is 12.0. The number of esters is 1. The summed E-state index contributed by atoms with van der Waals surface area (Å²) in [5, 5.41) is 4.22. The standard InChI is InChI=1S/C13H18N2O3S/c1-7-10(12(16)17-2)15-13(19-7)14-9-5-6-18-11(9)8-3-4-8/h8-9,11H,3-6H2,1-2H3,(H,14,15). The van der Waals surface area contributed by atoms with Gasteiger partial charge in [-0.05, 0) is 32.1 Å². The van der Waals surface area contributed by atoms with E-state index >= 15 is 0 Å². The van der Waals surface area contributed by atoms with E-state index in [9.17, 15) is 4.79 Å². The average Bonchev–Trinajstić information content (AvgIpc) is 3.04. The van der Waals surface area contributed by atoms with Crippen LogP contribution in [0, 0.1) is 12.8 Å². The molecule has 1 aliphatic heterocycles. The summed E-state index contributed by atoms with van der Waals surface area (Å²) < 4.78 is 10.5. The maximum Gasteiger partial charge on any atom is 0.357 e. The monoisotopic (exact) mass is 282 g/mol. The molecule has 6 heteroatoms. The molecule has 1 aliphatic carbocycles. The van der Waals surface area contributed by atoms with Gasteiger partial charge in [0.25, 0.3) is 0 Å². The lowest BCUT2D eigenvalue weighted by molar-refractivity contribution is 0.0594. The number of carbonyl (C=O) groups excluding carboxylic acids is 1. The summed E-state index contributed by atoms with van der Waals surface area (Å²) in [6, 6.07) is 0.323. The number of aromatic nitrogens is 1. The van der Waals surface area contributed by atoms with Gasteiger partial charge in [-0.25, -0.2) is 9.78 Å². The van der Waals surface area contributed by atoms with Gasteiger partial charge in [-0.15, -0.1) is 11.3 Å². The Kier molecular flexibility index (Phi) is 3.45. The molecule has 2 aliphatic rings. The molecule has 2 atom stereocenters. The molecule has 3 rings (SSSR count). The fourth-order valence-corrected chi connectivity index (χ4v) is 3.42. The Labute approximate surface area is 116 Å². The molecule has 5 nitrogen and oxygen atoms in total. The fourth-order valence-electron chi connectivity index (χ4n) is 2.56. The van der Waals surface area contributed by atoms with E-state index < -0.39 is 0 Å². The highest BCUT2D eigenvalue weighted by molar-refractivity contribution is 7.15. The predicted octanol–water partition coefficient (Wildman–Crippen LogP) is 2.22. The highest BCUT2D eigenvalue weighted by Crippen LogP contribution is 2.40. The van der Waals surface area contributed by atoms with Crippen molar-refractivity contribution < 1.29 is 14.3 Å². The van der Waals surface area contributed by atoms with Gasteiger partial charge in [0.1, 0.15) is 0 Å². The molecule has 2 unspecified atom stereocenters. The Morgan fingerprint density at radius 2 is 2.26 bits per heavy atom. The molecule has 1 aromatic rings. The van der Waals surface area contributed by atoms with Crippen LogP contribution in [0.3, 0.4) is 0 Å². The van der Waals surface area contributed by atoms with Gasteiger partial charge in [-0.3, -0.25) is 0 Å². The molecule has 1 N–H and O–H groups in total. The molecule has 104 valence electrons. The van der Waals surface area contributed by atoms with E-state index in [4.69, 9.17) is 9.47 Å². The zero-order chi connectivity index (χ0) is 13.4. The second-order valence-electron chi connectivity index (χ2n) is 5.13. The second-order valence-corrected chi connectivity index (χ2v) is 6.33. The van der Waals surface area contributed by atoms with Crippen LogP contribution in [0.4, 0.5) is 5.13 Å².